The van der Waals surface area contributed by atoms with E-state index in [9.17, 15) is 4.79 Å². The van der Waals surface area contributed by atoms with Crippen molar-refractivity contribution in [3.63, 3.8) is 0 Å². The molecule has 1 amide bonds. The minimum Gasteiger partial charge on any atom is -0.351 e. The summed E-state index contributed by atoms with van der Waals surface area (Å²) < 4.78 is 1.14. The first-order valence-corrected chi connectivity index (χ1v) is 7.30. The van der Waals surface area contributed by atoms with Gasteiger partial charge in [0.05, 0.1) is 0 Å². The van der Waals surface area contributed by atoms with E-state index in [1.54, 1.807) is 0 Å². The minimum absolute atomic E-state index is 0. The summed E-state index contributed by atoms with van der Waals surface area (Å²) in [5, 5.41) is 6.28. The molecule has 1 fully saturated rings. The molecule has 1 aromatic carbocycles. The first-order valence-electron chi connectivity index (χ1n) is 6.22. The third kappa shape index (κ3) is 5.64. The van der Waals surface area contributed by atoms with Gasteiger partial charge in [-0.2, -0.15) is 0 Å². The Hall–Kier alpha value is -0.370. The van der Waals surface area contributed by atoms with Crippen molar-refractivity contribution in [2.45, 2.75) is 0 Å². The van der Waals surface area contributed by atoms with Crippen LogP contribution in [-0.4, -0.2) is 50.1 Å². The maximum absolute atomic E-state index is 11.9. The van der Waals surface area contributed by atoms with Crippen LogP contribution in [0.1, 0.15) is 10.4 Å². The molecule has 0 atom stereocenters. The highest BCUT2D eigenvalue weighted by atomic mass is 127. The van der Waals surface area contributed by atoms with Crippen LogP contribution in [0.5, 0.6) is 0 Å². The van der Waals surface area contributed by atoms with Gasteiger partial charge in [0.15, 0.2) is 0 Å². The fourth-order valence-corrected chi connectivity index (χ4v) is 2.33. The zero-order valence-corrected chi connectivity index (χ0v) is 13.7. The molecule has 1 aromatic rings. The smallest absolute Gasteiger partial charge is 0.251 e. The van der Waals surface area contributed by atoms with Crippen LogP contribution in [0.2, 0.25) is 0 Å². The average molecular weight is 396 g/mol. The van der Waals surface area contributed by atoms with Crippen LogP contribution in [0.3, 0.4) is 0 Å². The maximum atomic E-state index is 11.9. The van der Waals surface area contributed by atoms with Crippen molar-refractivity contribution < 1.29 is 4.79 Å². The van der Waals surface area contributed by atoms with E-state index in [4.69, 9.17) is 0 Å². The van der Waals surface area contributed by atoms with E-state index in [2.05, 4.69) is 38.1 Å². The molecule has 2 N–H and O–H groups in total. The molecule has 1 aliphatic heterocycles. The first-order chi connectivity index (χ1) is 8.75. The van der Waals surface area contributed by atoms with Crippen molar-refractivity contribution in [3.05, 3.63) is 33.4 Å². The predicted molar refractivity (Wildman–Crippen MR) is 88.0 cm³/mol. The molecule has 106 valence electrons. The Kier molecular flexibility index (Phi) is 7.67. The van der Waals surface area contributed by atoms with Crippen LogP contribution in [0.4, 0.5) is 0 Å². The Bertz CT molecular complexity index is 393. The number of piperazine rings is 1. The van der Waals surface area contributed by atoms with E-state index >= 15 is 0 Å². The van der Waals surface area contributed by atoms with Gasteiger partial charge in [-0.1, -0.05) is 0 Å². The second kappa shape index (κ2) is 8.73. The van der Waals surface area contributed by atoms with Crippen LogP contribution < -0.4 is 10.6 Å². The van der Waals surface area contributed by atoms with Gasteiger partial charge in [-0.3, -0.25) is 9.69 Å². The number of hydrogen-bond acceptors (Lipinski definition) is 3. The molecule has 0 aromatic heterocycles. The van der Waals surface area contributed by atoms with Gasteiger partial charge in [-0.25, -0.2) is 0 Å². The summed E-state index contributed by atoms with van der Waals surface area (Å²) in [5.74, 6) is 0.0153. The Morgan fingerprint density at radius 3 is 2.53 bits per heavy atom. The lowest BCUT2D eigenvalue weighted by atomic mass is 10.2. The molecule has 6 heteroatoms. The number of rotatable bonds is 4. The highest BCUT2D eigenvalue weighted by Gasteiger charge is 2.09. The second-order valence-corrected chi connectivity index (χ2v) is 5.60. The largest absolute Gasteiger partial charge is 0.351 e. The molecule has 0 radical (unpaired) electrons. The van der Waals surface area contributed by atoms with Crippen LogP contribution >= 0.6 is 35.0 Å². The van der Waals surface area contributed by atoms with Crippen LogP contribution in [-0.2, 0) is 0 Å². The third-order valence-electron chi connectivity index (χ3n) is 3.03. The van der Waals surface area contributed by atoms with E-state index in [-0.39, 0.29) is 18.3 Å². The number of benzene rings is 1. The maximum Gasteiger partial charge on any atom is 0.251 e. The molecule has 1 aliphatic rings. The summed E-state index contributed by atoms with van der Waals surface area (Å²) in [4.78, 5) is 14.2. The van der Waals surface area contributed by atoms with Gasteiger partial charge >= 0.3 is 0 Å². The number of carbonyl (C=O) groups excluding carboxylic acids is 1. The molecule has 2 rings (SSSR count). The number of amides is 1. The molecule has 4 nitrogen and oxygen atoms in total. The third-order valence-corrected chi connectivity index (χ3v) is 3.75. The van der Waals surface area contributed by atoms with Crippen molar-refractivity contribution in [3.8, 4) is 0 Å². The lowest BCUT2D eigenvalue weighted by molar-refractivity contribution is 0.0947. The van der Waals surface area contributed by atoms with E-state index in [0.717, 1.165) is 41.9 Å². The number of nitrogens with zero attached hydrogens (tertiary/aromatic N) is 1. The summed E-state index contributed by atoms with van der Waals surface area (Å²) in [6.07, 6.45) is 0. The minimum atomic E-state index is 0. The van der Waals surface area contributed by atoms with Crippen LogP contribution in [0.15, 0.2) is 24.3 Å². The monoisotopic (exact) mass is 395 g/mol. The molecule has 0 spiro atoms. The summed E-state index contributed by atoms with van der Waals surface area (Å²) in [6, 6.07) is 7.63. The molecular weight excluding hydrogens is 377 g/mol. The van der Waals surface area contributed by atoms with Crippen molar-refractivity contribution in [2.24, 2.45) is 0 Å². The standard InChI is InChI=1S/C13H18IN3O.ClH/c14-12-3-1-11(2-4-12)13(18)16-7-10-17-8-5-15-6-9-17;/h1-4,15H,5-10H2,(H,16,18);1H. The number of carbonyl (C=O) groups is 1. The SMILES string of the molecule is Cl.O=C(NCCN1CCNCC1)c1ccc(I)cc1. The van der Waals surface area contributed by atoms with Gasteiger partial charge in [-0.15, -0.1) is 12.4 Å². The normalized spacial score (nSPS) is 15.6. The Morgan fingerprint density at radius 2 is 1.89 bits per heavy atom. The summed E-state index contributed by atoms with van der Waals surface area (Å²) in [7, 11) is 0. The zero-order valence-electron chi connectivity index (χ0n) is 10.7. The first kappa shape index (κ1) is 16.7. The quantitative estimate of drug-likeness (QED) is 0.757. The highest BCUT2D eigenvalue weighted by molar-refractivity contribution is 14.1. The van der Waals surface area contributed by atoms with Crippen molar-refractivity contribution in [2.75, 3.05) is 39.3 Å². The summed E-state index contributed by atoms with van der Waals surface area (Å²) in [6.45, 7) is 5.87. The van der Waals surface area contributed by atoms with Crippen LogP contribution in [0, 0.1) is 3.57 Å². The fraction of sp³-hybridized carbons (Fsp3) is 0.462. The van der Waals surface area contributed by atoms with Gasteiger partial charge in [0.2, 0.25) is 0 Å². The molecule has 0 aliphatic carbocycles. The van der Waals surface area contributed by atoms with E-state index in [1.165, 1.54) is 0 Å². The predicted octanol–water partition coefficient (Wildman–Crippen LogP) is 1.35. The van der Waals surface area contributed by atoms with Crippen molar-refractivity contribution in [1.29, 1.82) is 0 Å². The molecule has 19 heavy (non-hydrogen) atoms. The van der Waals surface area contributed by atoms with Gasteiger partial charge in [0.1, 0.15) is 0 Å². The molecule has 0 bridgehead atoms. The Balaban J connectivity index is 0.00000180. The highest BCUT2D eigenvalue weighted by Crippen LogP contribution is 2.06. The lowest BCUT2D eigenvalue weighted by Crippen LogP contribution is -2.46. The number of nitrogens with one attached hydrogen (secondary N) is 2. The fourth-order valence-electron chi connectivity index (χ4n) is 1.97. The van der Waals surface area contributed by atoms with Gasteiger partial charge in [0.25, 0.3) is 5.91 Å². The summed E-state index contributed by atoms with van der Waals surface area (Å²) in [5.41, 5.74) is 0.732. The number of halogens is 2. The molecular formula is C13H19ClIN3O. The second-order valence-electron chi connectivity index (χ2n) is 4.35. The molecule has 0 saturated carbocycles. The van der Waals surface area contributed by atoms with Crippen molar-refractivity contribution in [1.82, 2.24) is 15.5 Å². The van der Waals surface area contributed by atoms with Gasteiger partial charge < -0.3 is 10.6 Å². The van der Waals surface area contributed by atoms with Gasteiger partial charge in [-0.05, 0) is 46.9 Å². The molecule has 0 unspecified atom stereocenters. The molecule has 1 saturated heterocycles. The molecule has 1 heterocycles. The lowest BCUT2D eigenvalue weighted by Gasteiger charge is -2.27. The van der Waals surface area contributed by atoms with Crippen LogP contribution in [0.25, 0.3) is 0 Å². The van der Waals surface area contributed by atoms with E-state index < -0.39 is 0 Å². The van der Waals surface area contributed by atoms with E-state index in [0.29, 0.717) is 6.54 Å². The zero-order chi connectivity index (χ0) is 12.8. The average Bonchev–Trinajstić information content (AvgIpc) is 2.40. The Morgan fingerprint density at radius 1 is 1.26 bits per heavy atom. The topological polar surface area (TPSA) is 44.4 Å². The Labute approximate surface area is 133 Å². The number of hydrogen-bond donors (Lipinski definition) is 2. The van der Waals surface area contributed by atoms with Gasteiger partial charge in [0, 0.05) is 48.4 Å². The summed E-state index contributed by atoms with van der Waals surface area (Å²) >= 11 is 2.23. The van der Waals surface area contributed by atoms with Crippen molar-refractivity contribution >= 4 is 40.9 Å². The van der Waals surface area contributed by atoms with E-state index in [1.807, 2.05) is 24.3 Å².